The van der Waals surface area contributed by atoms with E-state index in [1.165, 1.54) is 0 Å². The lowest BCUT2D eigenvalue weighted by Gasteiger charge is -2.34. The van der Waals surface area contributed by atoms with E-state index in [1.807, 2.05) is 36.4 Å². The molecule has 2 aromatic rings. The summed E-state index contributed by atoms with van der Waals surface area (Å²) in [6.07, 6.45) is 2.75. The third-order valence-electron chi connectivity index (χ3n) is 4.95. The average molecular weight is 352 g/mol. The predicted molar refractivity (Wildman–Crippen MR) is 102 cm³/mol. The van der Waals surface area contributed by atoms with E-state index < -0.39 is 11.6 Å². The van der Waals surface area contributed by atoms with Crippen molar-refractivity contribution in [1.82, 2.24) is 4.90 Å². The molecular weight excluding hydrogens is 325 g/mol. The van der Waals surface area contributed by atoms with Crippen LogP contribution in [0, 0.1) is 0 Å². The first-order chi connectivity index (χ1) is 12.6. The summed E-state index contributed by atoms with van der Waals surface area (Å²) in [4.78, 5) is 15.4. The SMILES string of the molecule is [11CH3]CCN1CCCC(OC(=O)C(O)(c2ccccc2)c2ccccc2)C1. The molecule has 1 fully saturated rings. The number of rotatable bonds is 6. The molecule has 3 rings (SSSR count). The van der Waals surface area contributed by atoms with Crippen LogP contribution in [0.5, 0.6) is 0 Å². The molecule has 0 saturated carbocycles. The number of hydrogen-bond acceptors (Lipinski definition) is 4. The van der Waals surface area contributed by atoms with Gasteiger partial charge in [-0.2, -0.15) is 0 Å². The van der Waals surface area contributed by atoms with Crippen LogP contribution in [0.2, 0.25) is 0 Å². The third kappa shape index (κ3) is 3.97. The van der Waals surface area contributed by atoms with Gasteiger partial charge in [-0.3, -0.25) is 4.90 Å². The summed E-state index contributed by atoms with van der Waals surface area (Å²) in [7, 11) is 0. The Kier molecular flexibility index (Phi) is 6.07. The highest BCUT2D eigenvalue weighted by Gasteiger charge is 2.43. The molecule has 0 aromatic heterocycles. The summed E-state index contributed by atoms with van der Waals surface area (Å²) < 4.78 is 5.81. The summed E-state index contributed by atoms with van der Waals surface area (Å²) in [5.41, 5.74) is -0.745. The van der Waals surface area contributed by atoms with Crippen LogP contribution >= 0.6 is 0 Å². The number of nitrogens with zero attached hydrogens (tertiary/aromatic N) is 1. The maximum atomic E-state index is 13.1. The Bertz CT molecular complexity index is 660. The Hall–Kier alpha value is -2.17. The summed E-state index contributed by atoms with van der Waals surface area (Å²) in [5.74, 6) is -0.599. The van der Waals surface area contributed by atoms with Crippen molar-refractivity contribution in [1.29, 1.82) is 0 Å². The maximum absolute atomic E-state index is 13.1. The fourth-order valence-electron chi connectivity index (χ4n) is 3.63. The lowest BCUT2D eigenvalue weighted by Crippen LogP contribution is -2.45. The van der Waals surface area contributed by atoms with Crippen LogP contribution in [0.3, 0.4) is 0 Å². The predicted octanol–water partition coefficient (Wildman–Crippen LogP) is 3.34. The van der Waals surface area contributed by atoms with Crippen LogP contribution < -0.4 is 0 Å². The smallest absolute Gasteiger partial charge is 0.348 e. The first kappa shape index (κ1) is 18.6. The van der Waals surface area contributed by atoms with Crippen molar-refractivity contribution in [3.8, 4) is 0 Å². The number of carbonyl (C=O) groups excluding carboxylic acids is 1. The summed E-state index contributed by atoms with van der Waals surface area (Å²) >= 11 is 0. The minimum absolute atomic E-state index is 0.179. The molecule has 1 saturated heterocycles. The monoisotopic (exact) mass is 352 g/mol. The zero-order chi connectivity index (χ0) is 18.4. The minimum atomic E-state index is -1.80. The van der Waals surface area contributed by atoms with Crippen LogP contribution in [0.1, 0.15) is 37.3 Å². The van der Waals surface area contributed by atoms with Gasteiger partial charge in [-0.15, -0.1) is 0 Å². The molecule has 1 N–H and O–H groups in total. The van der Waals surface area contributed by atoms with Crippen LogP contribution in [0.4, 0.5) is 0 Å². The zero-order valence-electron chi connectivity index (χ0n) is 15.3. The van der Waals surface area contributed by atoms with E-state index in [2.05, 4.69) is 11.8 Å². The van der Waals surface area contributed by atoms with Gasteiger partial charge in [0.05, 0.1) is 0 Å². The topological polar surface area (TPSA) is 49.8 Å². The Morgan fingerprint density at radius 2 is 1.69 bits per heavy atom. The average Bonchev–Trinajstić information content (AvgIpc) is 2.69. The van der Waals surface area contributed by atoms with Gasteiger partial charge in [-0.25, -0.2) is 4.79 Å². The van der Waals surface area contributed by atoms with Gasteiger partial charge in [-0.1, -0.05) is 67.6 Å². The molecule has 1 aliphatic heterocycles. The quantitative estimate of drug-likeness (QED) is 0.810. The third-order valence-corrected chi connectivity index (χ3v) is 4.95. The van der Waals surface area contributed by atoms with Gasteiger partial charge in [0.15, 0.2) is 0 Å². The second-order valence-electron chi connectivity index (χ2n) is 6.91. The highest BCUT2D eigenvalue weighted by molar-refractivity contribution is 5.85. The Morgan fingerprint density at radius 1 is 1.12 bits per heavy atom. The van der Waals surface area contributed by atoms with Crippen molar-refractivity contribution in [2.24, 2.45) is 0 Å². The molecule has 0 aliphatic carbocycles. The van der Waals surface area contributed by atoms with Crippen molar-refractivity contribution in [2.45, 2.75) is 37.9 Å². The number of ether oxygens (including phenoxy) is 1. The first-order valence-electron chi connectivity index (χ1n) is 9.41. The molecule has 0 spiro atoms. The van der Waals surface area contributed by atoms with E-state index in [4.69, 9.17) is 4.74 Å². The molecule has 1 unspecified atom stereocenters. The molecule has 1 aliphatic rings. The van der Waals surface area contributed by atoms with E-state index in [9.17, 15) is 9.90 Å². The molecular formula is C22H27NO3. The Morgan fingerprint density at radius 3 is 2.23 bits per heavy atom. The molecule has 26 heavy (non-hydrogen) atoms. The van der Waals surface area contributed by atoms with E-state index in [0.29, 0.717) is 11.1 Å². The van der Waals surface area contributed by atoms with Crippen molar-refractivity contribution in [3.05, 3.63) is 71.8 Å². The van der Waals surface area contributed by atoms with Gasteiger partial charge in [0.25, 0.3) is 0 Å². The van der Waals surface area contributed by atoms with Gasteiger partial charge < -0.3 is 9.84 Å². The summed E-state index contributed by atoms with van der Waals surface area (Å²) in [5, 5.41) is 11.4. The van der Waals surface area contributed by atoms with Crippen LogP contribution in [-0.4, -0.2) is 41.7 Å². The van der Waals surface area contributed by atoms with E-state index in [-0.39, 0.29) is 6.10 Å². The lowest BCUT2D eigenvalue weighted by molar-refractivity contribution is -0.170. The van der Waals surface area contributed by atoms with Crippen LogP contribution in [-0.2, 0) is 15.1 Å². The molecule has 1 heterocycles. The molecule has 0 bridgehead atoms. The lowest BCUT2D eigenvalue weighted by atomic mass is 9.86. The fourth-order valence-corrected chi connectivity index (χ4v) is 3.63. The molecule has 138 valence electrons. The van der Waals surface area contributed by atoms with Gasteiger partial charge in [-0.05, 0) is 43.5 Å². The van der Waals surface area contributed by atoms with Crippen molar-refractivity contribution in [2.75, 3.05) is 19.6 Å². The maximum Gasteiger partial charge on any atom is 0.348 e. The highest BCUT2D eigenvalue weighted by Crippen LogP contribution is 2.32. The molecule has 4 nitrogen and oxygen atoms in total. The number of carbonyl (C=O) groups is 1. The first-order valence-corrected chi connectivity index (χ1v) is 9.41. The second-order valence-corrected chi connectivity index (χ2v) is 6.91. The Labute approximate surface area is 155 Å². The van der Waals surface area contributed by atoms with Gasteiger partial charge in [0.1, 0.15) is 6.10 Å². The number of aliphatic hydroxyl groups is 1. The van der Waals surface area contributed by atoms with Crippen molar-refractivity contribution < 1.29 is 14.6 Å². The van der Waals surface area contributed by atoms with E-state index >= 15 is 0 Å². The number of esters is 1. The second kappa shape index (κ2) is 8.47. The largest absolute Gasteiger partial charge is 0.458 e. The molecule has 0 radical (unpaired) electrons. The number of hydrogen-bond donors (Lipinski definition) is 1. The van der Waals surface area contributed by atoms with Gasteiger partial charge in [0, 0.05) is 6.54 Å². The molecule has 1 atom stereocenters. The van der Waals surface area contributed by atoms with Gasteiger partial charge in [0.2, 0.25) is 5.60 Å². The van der Waals surface area contributed by atoms with Gasteiger partial charge >= 0.3 is 5.97 Å². The molecule has 4 heteroatoms. The number of benzene rings is 2. The summed E-state index contributed by atoms with van der Waals surface area (Å²) in [6, 6.07) is 18.1. The summed E-state index contributed by atoms with van der Waals surface area (Å²) in [6.45, 7) is 4.94. The molecule has 0 amide bonds. The fraction of sp³-hybridized carbons (Fsp3) is 0.409. The minimum Gasteiger partial charge on any atom is -0.458 e. The zero-order valence-corrected chi connectivity index (χ0v) is 15.3. The number of piperidine rings is 1. The number of likely N-dealkylation sites (tertiary alicyclic amines) is 1. The normalized spacial score (nSPS) is 18.5. The standard InChI is InChI=1S/C22H27NO3/c1-2-15-23-16-9-14-20(17-23)26-21(24)22(25,18-10-5-3-6-11-18)19-12-7-4-8-13-19/h3-8,10-13,20,25H,2,9,14-17H2,1H3/i1-1. The highest BCUT2D eigenvalue weighted by atomic mass is 16.6. The van der Waals surface area contributed by atoms with E-state index in [0.717, 1.165) is 38.9 Å². The van der Waals surface area contributed by atoms with Crippen LogP contribution in [0.15, 0.2) is 60.7 Å². The van der Waals surface area contributed by atoms with Crippen molar-refractivity contribution in [3.63, 3.8) is 0 Å². The van der Waals surface area contributed by atoms with Crippen LogP contribution in [0.25, 0.3) is 0 Å². The van der Waals surface area contributed by atoms with E-state index in [1.54, 1.807) is 24.3 Å². The van der Waals surface area contributed by atoms with Crippen molar-refractivity contribution >= 4 is 5.97 Å². The molecule has 2 aromatic carbocycles. The Balaban J connectivity index is 1.84.